The van der Waals surface area contributed by atoms with Gasteiger partial charge in [-0.15, -0.1) is 0 Å². The molecule has 0 unspecified atom stereocenters. The van der Waals surface area contributed by atoms with Crippen LogP contribution < -0.4 is 10.2 Å². The third-order valence-electron chi connectivity index (χ3n) is 1.47. The van der Waals surface area contributed by atoms with Gasteiger partial charge in [-0.2, -0.15) is 0 Å². The molecule has 0 heterocycles. The van der Waals surface area contributed by atoms with Crippen LogP contribution in [-0.2, 0) is 9.59 Å². The van der Waals surface area contributed by atoms with Crippen molar-refractivity contribution in [3.63, 3.8) is 0 Å². The summed E-state index contributed by atoms with van der Waals surface area (Å²) < 4.78 is 0. The van der Waals surface area contributed by atoms with E-state index in [-0.39, 0.29) is 63.8 Å². The maximum absolute atomic E-state index is 9.65. The van der Waals surface area contributed by atoms with E-state index in [9.17, 15) is 19.8 Å². The summed E-state index contributed by atoms with van der Waals surface area (Å²) in [4.78, 5) is 19.3. The molecule has 0 saturated heterocycles. The zero-order valence-electron chi connectivity index (χ0n) is 10.1. The monoisotopic (exact) mass is 308 g/mol. The van der Waals surface area contributed by atoms with E-state index in [1.165, 1.54) is 0 Å². The Balaban J connectivity index is -0.0000000800. The van der Waals surface area contributed by atoms with E-state index in [0.29, 0.717) is 0 Å². The molecular weight excluding hydrogens is 288 g/mol. The SMILES string of the molecule is CCCCC(=O)[O-].CCCCC(=O)[O-].O.[Sr+2]. The standard InChI is InChI=1S/2C5H10O2.H2O.Sr/c2*1-2-3-4-5(6)7;;/h2*2-4H2,1H3,(H,6,7);1H2;/q;;;+2/p-2. The second-order valence-electron chi connectivity index (χ2n) is 2.95. The van der Waals surface area contributed by atoms with Crippen molar-refractivity contribution >= 4 is 57.4 Å². The fourth-order valence-electron chi connectivity index (χ4n) is 0.642. The first-order valence-electron chi connectivity index (χ1n) is 4.94. The normalized spacial score (nSPS) is 7.62. The number of carboxylic acids is 2. The maximum Gasteiger partial charge on any atom is 2.00 e. The van der Waals surface area contributed by atoms with Crippen molar-refractivity contribution in [2.45, 2.75) is 52.4 Å². The molecule has 0 amide bonds. The van der Waals surface area contributed by atoms with E-state index < -0.39 is 11.9 Å². The number of aliphatic carboxylic acids is 2. The minimum Gasteiger partial charge on any atom is -0.550 e. The molecule has 0 saturated carbocycles. The van der Waals surface area contributed by atoms with Crippen molar-refractivity contribution in [1.29, 1.82) is 0 Å². The fourth-order valence-corrected chi connectivity index (χ4v) is 0.642. The largest absolute Gasteiger partial charge is 2.00 e. The summed E-state index contributed by atoms with van der Waals surface area (Å²) in [6, 6.07) is 0. The average molecular weight is 308 g/mol. The molecule has 0 aliphatic rings. The van der Waals surface area contributed by atoms with Crippen molar-refractivity contribution in [1.82, 2.24) is 0 Å². The van der Waals surface area contributed by atoms with Crippen LogP contribution in [0.2, 0.25) is 0 Å². The molecule has 0 fully saturated rings. The fraction of sp³-hybridized carbons (Fsp3) is 0.800. The van der Waals surface area contributed by atoms with Gasteiger partial charge in [-0.3, -0.25) is 0 Å². The quantitative estimate of drug-likeness (QED) is 0.564. The summed E-state index contributed by atoms with van der Waals surface area (Å²) in [7, 11) is 0. The molecule has 5 nitrogen and oxygen atoms in total. The van der Waals surface area contributed by atoms with E-state index >= 15 is 0 Å². The van der Waals surface area contributed by atoms with Crippen molar-refractivity contribution in [3.05, 3.63) is 0 Å². The number of carbonyl (C=O) groups is 2. The van der Waals surface area contributed by atoms with Gasteiger partial charge in [-0.05, 0) is 25.7 Å². The number of hydrogen-bond acceptors (Lipinski definition) is 4. The summed E-state index contributed by atoms with van der Waals surface area (Å²) in [5.74, 6) is -1.89. The summed E-state index contributed by atoms with van der Waals surface area (Å²) in [6.07, 6.45) is 3.74. The third-order valence-corrected chi connectivity index (χ3v) is 1.47. The van der Waals surface area contributed by atoms with Gasteiger partial charge in [0.25, 0.3) is 0 Å². The topological polar surface area (TPSA) is 112 Å². The van der Waals surface area contributed by atoms with Crippen LogP contribution in [0.25, 0.3) is 0 Å². The number of rotatable bonds is 6. The molecule has 0 atom stereocenters. The average Bonchev–Trinajstić information content (AvgIpc) is 2.12. The zero-order chi connectivity index (χ0) is 11.4. The Morgan fingerprint density at radius 3 is 1.19 bits per heavy atom. The Morgan fingerprint density at radius 1 is 0.875 bits per heavy atom. The molecular formula is C10H20O5Sr. The van der Waals surface area contributed by atoms with Crippen LogP contribution in [0.3, 0.4) is 0 Å². The zero-order valence-corrected chi connectivity index (χ0v) is 13.6. The van der Waals surface area contributed by atoms with Crippen LogP contribution in [0.4, 0.5) is 0 Å². The summed E-state index contributed by atoms with van der Waals surface area (Å²) >= 11 is 0. The van der Waals surface area contributed by atoms with Gasteiger partial charge in [0, 0.05) is 11.9 Å². The van der Waals surface area contributed by atoms with Gasteiger partial charge >= 0.3 is 45.5 Å². The summed E-state index contributed by atoms with van der Waals surface area (Å²) in [5.41, 5.74) is 0. The number of unbranched alkanes of at least 4 members (excludes halogenated alkanes) is 2. The number of hydrogen-bond donors (Lipinski definition) is 0. The summed E-state index contributed by atoms with van der Waals surface area (Å²) in [5, 5.41) is 19.3. The Morgan fingerprint density at radius 2 is 1.12 bits per heavy atom. The molecule has 0 rings (SSSR count). The third kappa shape index (κ3) is 36.7. The second-order valence-corrected chi connectivity index (χ2v) is 2.95. The predicted octanol–water partition coefficient (Wildman–Crippen LogP) is -1.35. The van der Waals surface area contributed by atoms with E-state index in [0.717, 1.165) is 25.7 Å². The van der Waals surface area contributed by atoms with Crippen LogP contribution in [-0.4, -0.2) is 62.9 Å². The smallest absolute Gasteiger partial charge is 0.550 e. The van der Waals surface area contributed by atoms with Gasteiger partial charge in [-0.1, -0.05) is 26.7 Å². The molecule has 16 heavy (non-hydrogen) atoms. The Labute approximate surface area is 134 Å². The molecule has 6 heteroatoms. The van der Waals surface area contributed by atoms with Crippen LogP contribution in [0, 0.1) is 0 Å². The van der Waals surface area contributed by atoms with Gasteiger partial charge in [0.15, 0.2) is 0 Å². The van der Waals surface area contributed by atoms with Gasteiger partial charge < -0.3 is 25.3 Å². The molecule has 0 radical (unpaired) electrons. The van der Waals surface area contributed by atoms with Gasteiger partial charge in [0.05, 0.1) is 0 Å². The molecule has 2 N–H and O–H groups in total. The van der Waals surface area contributed by atoms with E-state index in [2.05, 4.69) is 0 Å². The van der Waals surface area contributed by atoms with Crippen LogP contribution in [0.1, 0.15) is 52.4 Å². The first kappa shape index (κ1) is 25.3. The predicted molar refractivity (Wildman–Crippen MR) is 58.4 cm³/mol. The van der Waals surface area contributed by atoms with Crippen molar-refractivity contribution in [2.24, 2.45) is 0 Å². The van der Waals surface area contributed by atoms with Gasteiger partial charge in [0.2, 0.25) is 0 Å². The number of carbonyl (C=O) groups excluding carboxylic acids is 2. The molecule has 0 aromatic heterocycles. The van der Waals surface area contributed by atoms with E-state index in [1.807, 2.05) is 13.8 Å². The van der Waals surface area contributed by atoms with Crippen LogP contribution >= 0.6 is 0 Å². The second kappa shape index (κ2) is 20.8. The molecule has 92 valence electrons. The van der Waals surface area contributed by atoms with Crippen molar-refractivity contribution in [2.75, 3.05) is 0 Å². The Hall–Kier alpha value is 0.381. The minimum atomic E-state index is -0.943. The molecule has 0 aliphatic carbocycles. The van der Waals surface area contributed by atoms with E-state index in [4.69, 9.17) is 0 Å². The Kier molecular flexibility index (Phi) is 32.8. The molecule has 0 aromatic rings. The molecule has 0 aliphatic heterocycles. The van der Waals surface area contributed by atoms with Gasteiger partial charge in [-0.25, -0.2) is 0 Å². The molecule has 0 bridgehead atoms. The minimum absolute atomic E-state index is 0. The number of carboxylic acid groups (broad SMARTS) is 2. The molecule has 0 aromatic carbocycles. The first-order valence-corrected chi connectivity index (χ1v) is 4.94. The maximum atomic E-state index is 9.65. The van der Waals surface area contributed by atoms with Crippen molar-refractivity contribution in [3.8, 4) is 0 Å². The van der Waals surface area contributed by atoms with E-state index in [1.54, 1.807) is 0 Å². The van der Waals surface area contributed by atoms with Gasteiger partial charge in [0.1, 0.15) is 0 Å². The van der Waals surface area contributed by atoms with Crippen LogP contribution in [0.15, 0.2) is 0 Å². The van der Waals surface area contributed by atoms with Crippen molar-refractivity contribution < 1.29 is 25.3 Å². The molecule has 0 spiro atoms. The summed E-state index contributed by atoms with van der Waals surface area (Å²) in [6.45, 7) is 3.89. The van der Waals surface area contributed by atoms with Crippen LogP contribution in [0.5, 0.6) is 0 Å². The Bertz CT molecular complexity index is 143. The first-order chi connectivity index (χ1) is 6.54.